The number of hydrogen-bond donors (Lipinski definition) is 0. The second-order valence-electron chi connectivity index (χ2n) is 5.19. The van der Waals surface area contributed by atoms with Crippen LogP contribution in [0.4, 0.5) is 0 Å². The number of para-hydroxylation sites is 1. The zero-order valence-electron chi connectivity index (χ0n) is 12.4. The summed E-state index contributed by atoms with van der Waals surface area (Å²) in [5.41, 5.74) is 2.12. The molecule has 1 heterocycles. The fourth-order valence-corrected chi connectivity index (χ4v) is 3.50. The molecule has 20 heavy (non-hydrogen) atoms. The molecule has 0 radical (unpaired) electrons. The van der Waals surface area contributed by atoms with Gasteiger partial charge < -0.3 is 4.57 Å². The van der Waals surface area contributed by atoms with E-state index in [4.69, 9.17) is 28.2 Å². The molecule has 1 aromatic heterocycles. The lowest BCUT2D eigenvalue weighted by atomic mass is 9.89. The van der Waals surface area contributed by atoms with Crippen molar-refractivity contribution in [2.45, 2.75) is 52.0 Å². The monoisotopic (exact) mass is 312 g/mol. The van der Waals surface area contributed by atoms with Crippen LogP contribution >= 0.6 is 23.2 Å². The highest BCUT2D eigenvalue weighted by Crippen LogP contribution is 2.36. The quantitative estimate of drug-likeness (QED) is 0.653. The molecule has 2 nitrogen and oxygen atoms in total. The summed E-state index contributed by atoms with van der Waals surface area (Å²) in [5, 5.41) is 0.717. The third-order valence-electron chi connectivity index (χ3n) is 4.47. The van der Waals surface area contributed by atoms with Crippen LogP contribution in [0.25, 0.3) is 11.0 Å². The van der Waals surface area contributed by atoms with Crippen molar-refractivity contribution < 1.29 is 0 Å². The van der Waals surface area contributed by atoms with Gasteiger partial charge in [-0.3, -0.25) is 0 Å². The van der Waals surface area contributed by atoms with Crippen LogP contribution in [0.1, 0.15) is 45.9 Å². The lowest BCUT2D eigenvalue weighted by Gasteiger charge is -2.34. The van der Waals surface area contributed by atoms with Gasteiger partial charge in [-0.05, 0) is 31.4 Å². The molecule has 0 spiro atoms. The molecule has 0 N–H and O–H groups in total. The van der Waals surface area contributed by atoms with Crippen LogP contribution in [0.15, 0.2) is 18.2 Å². The molecular weight excluding hydrogens is 291 g/mol. The molecule has 0 aliphatic rings. The Morgan fingerprint density at radius 2 is 1.80 bits per heavy atom. The second-order valence-corrected chi connectivity index (χ2v) is 5.98. The molecule has 0 bridgehead atoms. The molecule has 1 aromatic carbocycles. The summed E-state index contributed by atoms with van der Waals surface area (Å²) in [6.07, 6.45) is 4.00. The van der Waals surface area contributed by atoms with Gasteiger partial charge in [-0.1, -0.05) is 38.4 Å². The van der Waals surface area contributed by atoms with Gasteiger partial charge in [0.2, 0.25) is 0 Å². The van der Waals surface area contributed by atoms with Crippen molar-refractivity contribution in [1.82, 2.24) is 9.55 Å². The average Bonchev–Trinajstić information content (AvgIpc) is 2.83. The summed E-state index contributed by atoms with van der Waals surface area (Å²) < 4.78 is 2.39. The molecule has 2 rings (SSSR count). The average molecular weight is 313 g/mol. The number of halogens is 2. The SMILES string of the molecule is CCC(CC)(CC)n1c(CCCl)nc2c(Cl)cccc21. The Labute approximate surface area is 131 Å². The van der Waals surface area contributed by atoms with E-state index in [1.165, 1.54) is 0 Å². The minimum absolute atomic E-state index is 0.0980. The van der Waals surface area contributed by atoms with E-state index in [2.05, 4.69) is 31.4 Å². The summed E-state index contributed by atoms with van der Waals surface area (Å²) >= 11 is 12.3. The van der Waals surface area contributed by atoms with Gasteiger partial charge in [-0.25, -0.2) is 4.98 Å². The molecule has 0 unspecified atom stereocenters. The van der Waals surface area contributed by atoms with Crippen LogP contribution in [-0.2, 0) is 12.0 Å². The summed E-state index contributed by atoms with van der Waals surface area (Å²) in [7, 11) is 0. The highest BCUT2D eigenvalue weighted by atomic mass is 35.5. The molecule has 0 atom stereocenters. The van der Waals surface area contributed by atoms with Crippen LogP contribution in [0.2, 0.25) is 5.02 Å². The van der Waals surface area contributed by atoms with Gasteiger partial charge in [0.1, 0.15) is 11.3 Å². The Kier molecular flexibility index (Phi) is 4.98. The fourth-order valence-electron chi connectivity index (χ4n) is 3.12. The Bertz CT molecular complexity index is 577. The van der Waals surface area contributed by atoms with E-state index in [1.807, 2.05) is 12.1 Å². The van der Waals surface area contributed by atoms with Crippen molar-refractivity contribution in [3.8, 4) is 0 Å². The van der Waals surface area contributed by atoms with Crippen LogP contribution < -0.4 is 0 Å². The number of aryl methyl sites for hydroxylation is 1. The number of imidazole rings is 1. The van der Waals surface area contributed by atoms with Gasteiger partial charge in [0.15, 0.2) is 0 Å². The molecule has 0 saturated carbocycles. The standard InChI is InChI=1S/C16H22Cl2N2/c1-4-16(5-2,6-3)20-13-9-7-8-12(18)15(13)19-14(20)10-11-17/h7-9H,4-6,10-11H2,1-3H3. The van der Waals surface area contributed by atoms with E-state index in [9.17, 15) is 0 Å². The Balaban J connectivity index is 2.77. The third-order valence-corrected chi connectivity index (χ3v) is 4.97. The lowest BCUT2D eigenvalue weighted by molar-refractivity contribution is 0.251. The molecule has 4 heteroatoms. The summed E-state index contributed by atoms with van der Waals surface area (Å²) in [6.45, 7) is 6.73. The first-order valence-electron chi connectivity index (χ1n) is 7.35. The number of rotatable bonds is 6. The first kappa shape index (κ1) is 15.7. The Morgan fingerprint density at radius 1 is 1.15 bits per heavy atom. The van der Waals surface area contributed by atoms with Crippen molar-refractivity contribution >= 4 is 34.2 Å². The minimum atomic E-state index is 0.0980. The molecule has 0 saturated heterocycles. The van der Waals surface area contributed by atoms with E-state index in [-0.39, 0.29) is 5.54 Å². The second kappa shape index (κ2) is 6.36. The highest BCUT2D eigenvalue weighted by molar-refractivity contribution is 6.34. The van der Waals surface area contributed by atoms with E-state index >= 15 is 0 Å². The number of hydrogen-bond acceptors (Lipinski definition) is 1. The molecule has 110 valence electrons. The number of fused-ring (bicyclic) bond motifs is 1. The molecule has 0 aliphatic heterocycles. The Morgan fingerprint density at radius 3 is 2.35 bits per heavy atom. The molecule has 0 aliphatic carbocycles. The van der Waals surface area contributed by atoms with Crippen molar-refractivity contribution in [3.05, 3.63) is 29.0 Å². The predicted molar refractivity (Wildman–Crippen MR) is 88.0 cm³/mol. The molecule has 0 amide bonds. The van der Waals surface area contributed by atoms with Gasteiger partial charge in [0.25, 0.3) is 0 Å². The first-order valence-corrected chi connectivity index (χ1v) is 8.27. The van der Waals surface area contributed by atoms with Crippen LogP contribution in [-0.4, -0.2) is 15.4 Å². The number of nitrogens with zero attached hydrogens (tertiary/aromatic N) is 2. The van der Waals surface area contributed by atoms with E-state index in [1.54, 1.807) is 0 Å². The minimum Gasteiger partial charge on any atom is -0.322 e. The van der Waals surface area contributed by atoms with E-state index < -0.39 is 0 Å². The summed E-state index contributed by atoms with van der Waals surface area (Å²) in [4.78, 5) is 4.76. The predicted octanol–water partition coefficient (Wildman–Crippen LogP) is 5.40. The van der Waals surface area contributed by atoms with Crippen molar-refractivity contribution in [2.24, 2.45) is 0 Å². The Hall–Kier alpha value is -0.730. The van der Waals surface area contributed by atoms with Crippen molar-refractivity contribution in [3.63, 3.8) is 0 Å². The smallest absolute Gasteiger partial charge is 0.111 e. The van der Waals surface area contributed by atoms with Crippen molar-refractivity contribution in [1.29, 1.82) is 0 Å². The van der Waals surface area contributed by atoms with Crippen LogP contribution in [0.5, 0.6) is 0 Å². The van der Waals surface area contributed by atoms with Gasteiger partial charge in [0.05, 0.1) is 10.5 Å². The maximum Gasteiger partial charge on any atom is 0.111 e. The zero-order chi connectivity index (χ0) is 14.8. The maximum absolute atomic E-state index is 6.31. The number of alkyl halides is 1. The van der Waals surface area contributed by atoms with Crippen LogP contribution in [0.3, 0.4) is 0 Å². The first-order chi connectivity index (χ1) is 9.63. The van der Waals surface area contributed by atoms with Crippen LogP contribution in [0, 0.1) is 0 Å². The molecular formula is C16H22Cl2N2. The van der Waals surface area contributed by atoms with Gasteiger partial charge >= 0.3 is 0 Å². The molecule has 2 aromatic rings. The number of aromatic nitrogens is 2. The largest absolute Gasteiger partial charge is 0.322 e. The van der Waals surface area contributed by atoms with Gasteiger partial charge in [0, 0.05) is 17.8 Å². The summed E-state index contributed by atoms with van der Waals surface area (Å²) in [5.74, 6) is 1.63. The third kappa shape index (κ3) is 2.44. The van der Waals surface area contributed by atoms with E-state index in [0.29, 0.717) is 10.9 Å². The topological polar surface area (TPSA) is 17.8 Å². The normalized spacial score (nSPS) is 12.2. The maximum atomic E-state index is 6.31. The number of benzene rings is 1. The van der Waals surface area contributed by atoms with Crippen molar-refractivity contribution in [2.75, 3.05) is 5.88 Å². The fraction of sp³-hybridized carbons (Fsp3) is 0.562. The van der Waals surface area contributed by atoms with E-state index in [0.717, 1.165) is 42.5 Å². The highest BCUT2D eigenvalue weighted by Gasteiger charge is 2.30. The molecule has 0 fully saturated rings. The lowest BCUT2D eigenvalue weighted by Crippen LogP contribution is -2.33. The zero-order valence-corrected chi connectivity index (χ0v) is 13.9. The van der Waals surface area contributed by atoms with Gasteiger partial charge in [-0.2, -0.15) is 0 Å². The van der Waals surface area contributed by atoms with Gasteiger partial charge in [-0.15, -0.1) is 11.6 Å². The summed E-state index contributed by atoms with van der Waals surface area (Å²) in [6, 6.07) is 6.01.